The average Bonchev–Trinajstić information content (AvgIpc) is 2.77. The molecule has 0 aromatic rings. The van der Waals surface area contributed by atoms with E-state index in [1.165, 1.54) is 71.1 Å². The number of ketones is 1. The Kier molecular flexibility index (Phi) is 19.2. The van der Waals surface area contributed by atoms with E-state index in [-0.39, 0.29) is 37.0 Å². The summed E-state index contributed by atoms with van der Waals surface area (Å²) >= 11 is 0. The first-order chi connectivity index (χ1) is 16.5. The van der Waals surface area contributed by atoms with Crippen LogP contribution in [0.5, 0.6) is 0 Å². The molecule has 35 heavy (non-hydrogen) atoms. The van der Waals surface area contributed by atoms with Gasteiger partial charge in [0, 0.05) is 12.8 Å². The number of carbonyl (C=O) groups is 4. The van der Waals surface area contributed by atoms with Gasteiger partial charge >= 0.3 is 5.97 Å². The van der Waals surface area contributed by atoms with E-state index in [1.807, 2.05) is 0 Å². The quantitative estimate of drug-likeness (QED) is 0.155. The molecule has 2 N–H and O–H groups in total. The molecular weight excluding hydrogens is 444 g/mol. The van der Waals surface area contributed by atoms with Crippen LogP contribution in [0.4, 0.5) is 0 Å². The molecule has 0 aliphatic heterocycles. The molecule has 0 heterocycles. The number of rotatable bonds is 21. The van der Waals surface area contributed by atoms with Gasteiger partial charge in [0.05, 0.1) is 6.54 Å². The van der Waals surface area contributed by atoms with Crippen LogP contribution in [0, 0.1) is 0 Å². The van der Waals surface area contributed by atoms with Crippen LogP contribution in [0.25, 0.3) is 0 Å². The molecule has 0 aliphatic carbocycles. The van der Waals surface area contributed by atoms with E-state index in [0.29, 0.717) is 6.42 Å². The summed E-state index contributed by atoms with van der Waals surface area (Å²) in [4.78, 5) is 47.9. The van der Waals surface area contributed by atoms with Gasteiger partial charge in [0.25, 0.3) is 0 Å². The van der Waals surface area contributed by atoms with Crippen molar-refractivity contribution >= 4 is 23.6 Å². The van der Waals surface area contributed by atoms with Crippen molar-refractivity contribution in [3.05, 3.63) is 0 Å². The molecule has 2 amide bonds. The summed E-state index contributed by atoms with van der Waals surface area (Å²) in [6.07, 6.45) is 16.6. The maximum Gasteiger partial charge on any atom is 0.329 e. The van der Waals surface area contributed by atoms with Crippen molar-refractivity contribution in [2.24, 2.45) is 0 Å². The number of Topliss-reactive ketones (excluding diaryl/α,β-unsaturated/α-hetero) is 1. The summed E-state index contributed by atoms with van der Waals surface area (Å²) in [5, 5.41) is 5.25. The lowest BCUT2D eigenvalue weighted by Gasteiger charge is -2.24. The topological polar surface area (TPSA) is 102 Å². The van der Waals surface area contributed by atoms with E-state index in [1.54, 1.807) is 20.8 Å². The normalized spacial score (nSPS) is 12.1. The molecule has 0 saturated carbocycles. The van der Waals surface area contributed by atoms with Crippen LogP contribution in [0.3, 0.4) is 0 Å². The van der Waals surface area contributed by atoms with Gasteiger partial charge in [-0.3, -0.25) is 14.4 Å². The smallest absolute Gasteiger partial charge is 0.329 e. The maximum absolute atomic E-state index is 12.5. The van der Waals surface area contributed by atoms with E-state index >= 15 is 0 Å². The average molecular weight is 497 g/mol. The largest absolute Gasteiger partial charge is 0.458 e. The lowest BCUT2D eigenvalue weighted by atomic mass is 10.0. The summed E-state index contributed by atoms with van der Waals surface area (Å²) in [6, 6.07) is -0.883. The minimum absolute atomic E-state index is 0.0240. The van der Waals surface area contributed by atoms with Crippen LogP contribution in [0.2, 0.25) is 0 Å². The molecule has 0 spiro atoms. The highest BCUT2D eigenvalue weighted by Gasteiger charge is 2.27. The maximum atomic E-state index is 12.5. The van der Waals surface area contributed by atoms with Crippen molar-refractivity contribution in [2.45, 2.75) is 149 Å². The van der Waals surface area contributed by atoms with Gasteiger partial charge in [0.1, 0.15) is 17.4 Å². The fourth-order valence-electron chi connectivity index (χ4n) is 3.78. The number of nitrogens with one attached hydrogen (secondary N) is 2. The Morgan fingerprint density at radius 3 is 1.66 bits per heavy atom. The van der Waals surface area contributed by atoms with Gasteiger partial charge < -0.3 is 15.4 Å². The van der Waals surface area contributed by atoms with Crippen LogP contribution in [0.1, 0.15) is 137 Å². The first-order valence-electron chi connectivity index (χ1n) is 13.8. The fourth-order valence-corrected chi connectivity index (χ4v) is 3.78. The number of carbonyl (C=O) groups excluding carboxylic acids is 4. The summed E-state index contributed by atoms with van der Waals surface area (Å²) in [5.74, 6) is -1.23. The first kappa shape index (κ1) is 33.1. The van der Waals surface area contributed by atoms with Crippen LogP contribution >= 0.6 is 0 Å². The number of esters is 1. The van der Waals surface area contributed by atoms with Crippen molar-refractivity contribution in [1.29, 1.82) is 0 Å². The monoisotopic (exact) mass is 496 g/mol. The molecule has 0 fully saturated rings. The highest BCUT2D eigenvalue weighted by atomic mass is 16.6. The van der Waals surface area contributed by atoms with Crippen molar-refractivity contribution in [2.75, 3.05) is 6.54 Å². The zero-order chi connectivity index (χ0) is 26.5. The second-order valence-electron chi connectivity index (χ2n) is 10.7. The van der Waals surface area contributed by atoms with Crippen LogP contribution in [-0.4, -0.2) is 41.8 Å². The minimum atomic E-state index is -0.883. The van der Waals surface area contributed by atoms with E-state index in [9.17, 15) is 19.2 Å². The zero-order valence-electron chi connectivity index (χ0n) is 23.1. The molecule has 0 aromatic heterocycles. The molecule has 1 unspecified atom stereocenters. The third-order valence-electron chi connectivity index (χ3n) is 5.73. The number of ether oxygens (including phenoxy) is 1. The highest BCUT2D eigenvalue weighted by molar-refractivity contribution is 5.86. The van der Waals surface area contributed by atoms with Crippen LogP contribution in [-0.2, 0) is 23.9 Å². The molecule has 0 radical (unpaired) electrons. The van der Waals surface area contributed by atoms with E-state index in [2.05, 4.69) is 17.6 Å². The molecule has 0 rings (SSSR count). The van der Waals surface area contributed by atoms with E-state index in [0.717, 1.165) is 19.3 Å². The third kappa shape index (κ3) is 22.3. The predicted molar refractivity (Wildman–Crippen MR) is 141 cm³/mol. The summed E-state index contributed by atoms with van der Waals surface area (Å²) in [7, 11) is 0. The first-order valence-corrected chi connectivity index (χ1v) is 13.8. The van der Waals surface area contributed by atoms with Crippen molar-refractivity contribution < 1.29 is 23.9 Å². The Morgan fingerprint density at radius 1 is 0.714 bits per heavy atom. The Balaban J connectivity index is 4.15. The van der Waals surface area contributed by atoms with E-state index < -0.39 is 17.6 Å². The summed E-state index contributed by atoms with van der Waals surface area (Å²) in [5.41, 5.74) is -0.688. The Labute approximate surface area is 213 Å². The SMILES string of the molecule is CCCCCCCCCCCCCCCC(=O)NC(CCC(=O)NCC(C)=O)C(=O)OC(C)(C)C. The van der Waals surface area contributed by atoms with Crippen LogP contribution < -0.4 is 10.6 Å². The minimum Gasteiger partial charge on any atom is -0.458 e. The van der Waals surface area contributed by atoms with Gasteiger partial charge in [-0.2, -0.15) is 0 Å². The van der Waals surface area contributed by atoms with E-state index in [4.69, 9.17) is 4.74 Å². The highest BCUT2D eigenvalue weighted by Crippen LogP contribution is 2.14. The van der Waals surface area contributed by atoms with Crippen molar-refractivity contribution in [1.82, 2.24) is 10.6 Å². The Morgan fingerprint density at radius 2 is 1.20 bits per heavy atom. The molecule has 204 valence electrons. The Hall–Kier alpha value is -1.92. The number of unbranched alkanes of at least 4 members (excludes halogenated alkanes) is 12. The van der Waals surface area contributed by atoms with Gasteiger partial charge in [0.2, 0.25) is 11.8 Å². The van der Waals surface area contributed by atoms with Crippen molar-refractivity contribution in [3.63, 3.8) is 0 Å². The summed E-state index contributed by atoms with van der Waals surface area (Å²) in [6.45, 7) is 8.88. The number of amides is 2. The fraction of sp³-hybridized carbons (Fsp3) is 0.857. The zero-order valence-corrected chi connectivity index (χ0v) is 23.1. The molecule has 7 heteroatoms. The Bertz CT molecular complexity index is 613. The molecule has 0 aromatic carbocycles. The number of hydrogen-bond acceptors (Lipinski definition) is 5. The van der Waals surface area contributed by atoms with Gasteiger partial charge in [-0.25, -0.2) is 4.79 Å². The lowest BCUT2D eigenvalue weighted by molar-refractivity contribution is -0.159. The van der Waals surface area contributed by atoms with Gasteiger partial charge in [-0.1, -0.05) is 84.0 Å². The molecular formula is C28H52N2O5. The van der Waals surface area contributed by atoms with Crippen LogP contribution in [0.15, 0.2) is 0 Å². The molecule has 1 atom stereocenters. The summed E-state index contributed by atoms with van der Waals surface area (Å²) < 4.78 is 5.41. The van der Waals surface area contributed by atoms with Gasteiger partial charge in [-0.15, -0.1) is 0 Å². The van der Waals surface area contributed by atoms with Crippen molar-refractivity contribution in [3.8, 4) is 0 Å². The third-order valence-corrected chi connectivity index (χ3v) is 5.73. The standard InChI is InChI=1S/C28H52N2O5/c1-6-7-8-9-10-11-12-13-14-15-16-17-18-19-26(33)30-24(27(34)35-28(3,4)5)20-21-25(32)29-22-23(2)31/h24H,6-22H2,1-5H3,(H,29,32)(H,30,33). The van der Waals surface area contributed by atoms with Gasteiger partial charge in [0.15, 0.2) is 0 Å². The molecule has 7 nitrogen and oxygen atoms in total. The molecule has 0 aliphatic rings. The molecule has 0 bridgehead atoms. The second kappa shape index (κ2) is 20.3. The number of hydrogen-bond donors (Lipinski definition) is 2. The molecule has 0 saturated heterocycles. The lowest BCUT2D eigenvalue weighted by Crippen LogP contribution is -2.44. The second-order valence-corrected chi connectivity index (χ2v) is 10.7. The van der Waals surface area contributed by atoms with Gasteiger partial charge in [-0.05, 0) is 40.5 Å². The predicted octanol–water partition coefficient (Wildman–Crippen LogP) is 5.78.